The Bertz CT molecular complexity index is 192. The van der Waals surface area contributed by atoms with Crippen LogP contribution in [0.1, 0.15) is 117 Å². The predicted octanol–water partition coefficient (Wildman–Crippen LogP) is 7.91. The first-order valence-electron chi connectivity index (χ1n) is 11.0. The van der Waals surface area contributed by atoms with Crippen molar-refractivity contribution in [1.82, 2.24) is 0 Å². The first-order valence-corrected chi connectivity index (χ1v) is 13.1. The lowest BCUT2D eigenvalue weighted by molar-refractivity contribution is 0.304. The maximum atomic E-state index is 6.34. The summed E-state index contributed by atoms with van der Waals surface area (Å²) in [6.45, 7) is 7.93. The van der Waals surface area contributed by atoms with Gasteiger partial charge in [0.1, 0.15) is 0 Å². The average molecular weight is 341 g/mol. The van der Waals surface area contributed by atoms with Crippen LogP contribution in [-0.2, 0) is 3.79 Å². The third kappa shape index (κ3) is 18.7. The lowest BCUT2D eigenvalue weighted by atomic mass is 10.1. The summed E-state index contributed by atoms with van der Waals surface area (Å²) in [4.78, 5) is 0. The molecular formula is C21H45AlO. The second-order valence-electron chi connectivity index (χ2n) is 7.31. The lowest BCUT2D eigenvalue weighted by Gasteiger charge is -2.13. The smallest absolute Gasteiger partial charge is 0.460 e. The minimum atomic E-state index is -0.894. The molecule has 138 valence electrons. The van der Waals surface area contributed by atoms with Crippen molar-refractivity contribution < 1.29 is 3.79 Å². The van der Waals surface area contributed by atoms with Crippen LogP contribution in [0.2, 0.25) is 10.6 Å². The monoisotopic (exact) mass is 340 g/mol. The molecule has 2 heteroatoms. The molecule has 0 rings (SSSR count). The van der Waals surface area contributed by atoms with Crippen LogP contribution in [-0.4, -0.2) is 21.1 Å². The summed E-state index contributed by atoms with van der Waals surface area (Å²) in [7, 11) is 0. The molecule has 0 N–H and O–H groups in total. The minimum Gasteiger partial charge on any atom is -0.501 e. The number of unbranched alkanes of at least 4 members (excludes halogenated alkanes) is 12. The van der Waals surface area contributed by atoms with E-state index in [1.807, 2.05) is 0 Å². The molecule has 0 fully saturated rings. The second-order valence-corrected chi connectivity index (χ2v) is 10.0. The third-order valence-corrected chi connectivity index (χ3v) is 7.67. The topological polar surface area (TPSA) is 9.23 Å². The van der Waals surface area contributed by atoms with Crippen LogP contribution >= 0.6 is 0 Å². The van der Waals surface area contributed by atoms with E-state index in [0.717, 1.165) is 6.61 Å². The highest BCUT2D eigenvalue weighted by molar-refractivity contribution is 6.51. The first kappa shape index (κ1) is 23.5. The summed E-state index contributed by atoms with van der Waals surface area (Å²) in [6, 6.07) is 0. The van der Waals surface area contributed by atoms with Gasteiger partial charge in [-0.05, 0) is 6.42 Å². The van der Waals surface area contributed by atoms with Gasteiger partial charge in [0.2, 0.25) is 0 Å². The van der Waals surface area contributed by atoms with E-state index in [0.29, 0.717) is 0 Å². The summed E-state index contributed by atoms with van der Waals surface area (Å²) >= 11 is -0.894. The molecule has 0 aromatic heterocycles. The highest BCUT2D eigenvalue weighted by Crippen LogP contribution is 2.16. The van der Waals surface area contributed by atoms with E-state index >= 15 is 0 Å². The lowest BCUT2D eigenvalue weighted by Crippen LogP contribution is -2.18. The molecule has 0 heterocycles. The molecule has 1 nitrogen and oxygen atoms in total. The molecule has 0 unspecified atom stereocenters. The maximum Gasteiger partial charge on any atom is 0.460 e. The van der Waals surface area contributed by atoms with E-state index in [1.54, 1.807) is 0 Å². The number of hydrogen-bond donors (Lipinski definition) is 0. The molecule has 0 saturated carbocycles. The Balaban J connectivity index is 3.70. The van der Waals surface area contributed by atoms with E-state index in [-0.39, 0.29) is 0 Å². The quantitative estimate of drug-likeness (QED) is 0.171. The van der Waals surface area contributed by atoms with E-state index in [2.05, 4.69) is 20.8 Å². The molecule has 0 aliphatic heterocycles. The Labute approximate surface area is 152 Å². The maximum absolute atomic E-state index is 6.34. The Hall–Kier alpha value is 0.492. The molecule has 0 aromatic rings. The Morgan fingerprint density at radius 1 is 0.478 bits per heavy atom. The summed E-state index contributed by atoms with van der Waals surface area (Å²) in [5.41, 5.74) is 0. The summed E-state index contributed by atoms with van der Waals surface area (Å²) in [5.74, 6) is 0. The molecule has 0 aromatic carbocycles. The Morgan fingerprint density at radius 2 is 0.870 bits per heavy atom. The van der Waals surface area contributed by atoms with Gasteiger partial charge in [-0.2, -0.15) is 0 Å². The number of hydrogen-bond acceptors (Lipinski definition) is 1. The molecule has 0 radical (unpaired) electrons. The summed E-state index contributed by atoms with van der Waals surface area (Å²) < 4.78 is 6.34. The van der Waals surface area contributed by atoms with Crippen LogP contribution in [0.25, 0.3) is 0 Å². The molecular weight excluding hydrogens is 295 g/mol. The number of rotatable bonds is 19. The fraction of sp³-hybridized carbons (Fsp3) is 1.00. The van der Waals surface area contributed by atoms with Crippen molar-refractivity contribution in [2.75, 3.05) is 6.61 Å². The van der Waals surface area contributed by atoms with Crippen LogP contribution in [0, 0.1) is 0 Å². The Kier molecular flexibility index (Phi) is 21.0. The van der Waals surface area contributed by atoms with Crippen molar-refractivity contribution in [2.45, 2.75) is 128 Å². The normalized spacial score (nSPS) is 11.1. The fourth-order valence-corrected chi connectivity index (χ4v) is 5.83. The van der Waals surface area contributed by atoms with Gasteiger partial charge >= 0.3 is 14.5 Å². The van der Waals surface area contributed by atoms with E-state index in [9.17, 15) is 0 Å². The standard InChI is InChI=1S/2C8H17.C5H11O.Al/c2*1-3-5-7-8-6-4-2;1-2-3-4-5-6;/h2*1,3-8H2,2H3;2-5H2,1H3;/q;;-1;+1. The first-order chi connectivity index (χ1) is 11.3. The molecule has 0 saturated heterocycles. The molecule has 0 bridgehead atoms. The van der Waals surface area contributed by atoms with E-state index < -0.39 is 14.5 Å². The Morgan fingerprint density at radius 3 is 1.35 bits per heavy atom. The minimum absolute atomic E-state index is 0.894. The van der Waals surface area contributed by atoms with Crippen molar-refractivity contribution in [1.29, 1.82) is 0 Å². The van der Waals surface area contributed by atoms with Gasteiger partial charge in [-0.1, -0.05) is 121 Å². The van der Waals surface area contributed by atoms with Gasteiger partial charge < -0.3 is 3.79 Å². The van der Waals surface area contributed by atoms with Gasteiger partial charge in [-0.3, -0.25) is 0 Å². The summed E-state index contributed by atoms with van der Waals surface area (Å²) in [6.07, 6.45) is 21.0. The van der Waals surface area contributed by atoms with Crippen LogP contribution in [0.3, 0.4) is 0 Å². The third-order valence-electron chi connectivity index (χ3n) is 4.86. The van der Waals surface area contributed by atoms with Gasteiger partial charge in [-0.15, -0.1) is 0 Å². The molecule has 23 heavy (non-hydrogen) atoms. The zero-order valence-corrected chi connectivity index (χ0v) is 17.9. The molecule has 0 spiro atoms. The fourth-order valence-electron chi connectivity index (χ4n) is 3.22. The largest absolute Gasteiger partial charge is 0.501 e. The zero-order chi connectivity index (χ0) is 17.0. The van der Waals surface area contributed by atoms with Crippen LogP contribution in [0.4, 0.5) is 0 Å². The van der Waals surface area contributed by atoms with E-state index in [4.69, 9.17) is 3.79 Å². The van der Waals surface area contributed by atoms with E-state index in [1.165, 1.54) is 107 Å². The van der Waals surface area contributed by atoms with Crippen LogP contribution < -0.4 is 0 Å². The van der Waals surface area contributed by atoms with Crippen molar-refractivity contribution in [2.24, 2.45) is 0 Å². The van der Waals surface area contributed by atoms with Crippen LogP contribution in [0.15, 0.2) is 0 Å². The predicted molar refractivity (Wildman–Crippen MR) is 108 cm³/mol. The van der Waals surface area contributed by atoms with Gasteiger partial charge in [0.15, 0.2) is 0 Å². The van der Waals surface area contributed by atoms with Crippen LogP contribution in [0.5, 0.6) is 0 Å². The zero-order valence-electron chi connectivity index (χ0n) is 16.7. The molecule has 0 aliphatic carbocycles. The van der Waals surface area contributed by atoms with Gasteiger partial charge in [0.05, 0.1) is 0 Å². The second kappa shape index (κ2) is 20.5. The van der Waals surface area contributed by atoms with Crippen molar-refractivity contribution >= 4 is 14.5 Å². The highest BCUT2D eigenvalue weighted by Gasteiger charge is 2.19. The van der Waals surface area contributed by atoms with Gasteiger partial charge in [0, 0.05) is 6.61 Å². The molecule has 0 atom stereocenters. The van der Waals surface area contributed by atoms with Crippen molar-refractivity contribution in [3.63, 3.8) is 0 Å². The SMILES string of the molecule is CCCCCCC[CH2][Al]([CH2]CCCCCCC)[O]CCCCC. The molecule has 0 aliphatic rings. The van der Waals surface area contributed by atoms with Crippen molar-refractivity contribution in [3.05, 3.63) is 0 Å². The molecule has 0 amide bonds. The summed E-state index contributed by atoms with van der Waals surface area (Å²) in [5, 5.41) is 2.88. The van der Waals surface area contributed by atoms with Gasteiger partial charge in [0.25, 0.3) is 0 Å². The van der Waals surface area contributed by atoms with Crippen molar-refractivity contribution in [3.8, 4) is 0 Å². The highest BCUT2D eigenvalue weighted by atomic mass is 27.2. The van der Waals surface area contributed by atoms with Gasteiger partial charge in [-0.25, -0.2) is 0 Å². The average Bonchev–Trinajstić information content (AvgIpc) is 2.57.